The first-order valence-electron chi connectivity index (χ1n) is 5.78. The molecule has 0 bridgehead atoms. The number of nitrogen functional groups attached to an aromatic ring is 1. The Hall–Kier alpha value is -2.56. The molecule has 0 saturated carbocycles. The number of anilines is 2. The Morgan fingerprint density at radius 1 is 1.37 bits per heavy atom. The van der Waals surface area contributed by atoms with Gasteiger partial charge >= 0.3 is 0 Å². The summed E-state index contributed by atoms with van der Waals surface area (Å²) >= 11 is 0. The average molecular weight is 257 g/mol. The molecular formula is C14H15N3O2. The lowest BCUT2D eigenvalue weighted by Gasteiger charge is -2.12. The van der Waals surface area contributed by atoms with E-state index in [2.05, 4.69) is 10.3 Å². The second-order valence-electron chi connectivity index (χ2n) is 4.07. The van der Waals surface area contributed by atoms with Crippen molar-refractivity contribution in [2.24, 2.45) is 0 Å². The number of nitrogens with one attached hydrogen (secondary N) is 1. The quantitative estimate of drug-likeness (QED) is 0.827. The zero-order valence-corrected chi connectivity index (χ0v) is 10.8. The van der Waals surface area contributed by atoms with Crippen LogP contribution in [0.25, 0.3) is 0 Å². The Kier molecular flexibility index (Phi) is 3.66. The molecular weight excluding hydrogens is 242 g/mol. The van der Waals surface area contributed by atoms with E-state index < -0.39 is 0 Å². The maximum atomic E-state index is 12.2. The van der Waals surface area contributed by atoms with Crippen molar-refractivity contribution in [2.45, 2.75) is 6.92 Å². The molecule has 2 aromatic rings. The van der Waals surface area contributed by atoms with E-state index in [0.29, 0.717) is 22.7 Å². The van der Waals surface area contributed by atoms with E-state index in [0.717, 1.165) is 5.56 Å². The molecule has 2 rings (SSSR count). The third-order valence-electron chi connectivity index (χ3n) is 2.78. The number of ether oxygens (including phenoxy) is 1. The number of nitrogens with two attached hydrogens (primary N) is 1. The maximum Gasteiger partial charge on any atom is 0.259 e. The standard InChI is InChI=1S/C14H15N3O2/c1-9-6-7-16-8-12(9)17-14(18)10-4-3-5-11(15)13(10)19-2/h3-8H,15H2,1-2H3,(H,17,18). The van der Waals surface area contributed by atoms with E-state index in [-0.39, 0.29) is 5.91 Å². The number of hydrogen-bond acceptors (Lipinski definition) is 4. The molecule has 0 spiro atoms. The zero-order chi connectivity index (χ0) is 13.8. The van der Waals surface area contributed by atoms with Crippen LogP contribution in [0.15, 0.2) is 36.7 Å². The van der Waals surface area contributed by atoms with Gasteiger partial charge in [0, 0.05) is 6.20 Å². The summed E-state index contributed by atoms with van der Waals surface area (Å²) in [7, 11) is 1.48. The van der Waals surface area contributed by atoms with Crippen LogP contribution in [0.5, 0.6) is 5.75 Å². The fraction of sp³-hybridized carbons (Fsp3) is 0.143. The van der Waals surface area contributed by atoms with Gasteiger partial charge in [-0.05, 0) is 30.7 Å². The Labute approximate surface area is 111 Å². The van der Waals surface area contributed by atoms with Crippen molar-refractivity contribution in [2.75, 3.05) is 18.2 Å². The van der Waals surface area contributed by atoms with Gasteiger partial charge in [-0.2, -0.15) is 0 Å². The molecule has 0 aliphatic heterocycles. The number of para-hydroxylation sites is 1. The molecule has 0 radical (unpaired) electrons. The van der Waals surface area contributed by atoms with Crippen LogP contribution in [0.1, 0.15) is 15.9 Å². The van der Waals surface area contributed by atoms with E-state index in [9.17, 15) is 4.79 Å². The van der Waals surface area contributed by atoms with Crippen LogP contribution in [0.4, 0.5) is 11.4 Å². The van der Waals surface area contributed by atoms with Gasteiger partial charge in [0.2, 0.25) is 0 Å². The minimum Gasteiger partial charge on any atom is -0.494 e. The summed E-state index contributed by atoms with van der Waals surface area (Å²) < 4.78 is 5.16. The van der Waals surface area contributed by atoms with Gasteiger partial charge in [-0.3, -0.25) is 9.78 Å². The lowest BCUT2D eigenvalue weighted by Crippen LogP contribution is -2.14. The minimum absolute atomic E-state index is 0.278. The summed E-state index contributed by atoms with van der Waals surface area (Å²) in [4.78, 5) is 16.2. The number of nitrogens with zero attached hydrogens (tertiary/aromatic N) is 1. The number of benzene rings is 1. The summed E-state index contributed by atoms with van der Waals surface area (Å²) in [6, 6.07) is 6.89. The van der Waals surface area contributed by atoms with Gasteiger partial charge in [0.1, 0.15) is 0 Å². The highest BCUT2D eigenvalue weighted by molar-refractivity contribution is 6.07. The van der Waals surface area contributed by atoms with Crippen molar-refractivity contribution >= 4 is 17.3 Å². The second-order valence-corrected chi connectivity index (χ2v) is 4.07. The monoisotopic (exact) mass is 257 g/mol. The van der Waals surface area contributed by atoms with Crippen LogP contribution in [0, 0.1) is 6.92 Å². The molecule has 19 heavy (non-hydrogen) atoms. The molecule has 0 atom stereocenters. The number of pyridine rings is 1. The van der Waals surface area contributed by atoms with Crippen LogP contribution in [0.2, 0.25) is 0 Å². The molecule has 0 saturated heterocycles. The smallest absolute Gasteiger partial charge is 0.259 e. The molecule has 1 amide bonds. The molecule has 1 aromatic heterocycles. The molecule has 0 aliphatic rings. The highest BCUT2D eigenvalue weighted by atomic mass is 16.5. The number of amides is 1. The lowest BCUT2D eigenvalue weighted by molar-refractivity contribution is 0.102. The Balaban J connectivity index is 2.31. The van der Waals surface area contributed by atoms with Gasteiger partial charge in [0.15, 0.2) is 5.75 Å². The van der Waals surface area contributed by atoms with Crippen LogP contribution in [-0.4, -0.2) is 18.0 Å². The zero-order valence-electron chi connectivity index (χ0n) is 10.8. The second kappa shape index (κ2) is 5.39. The van der Waals surface area contributed by atoms with E-state index in [1.807, 2.05) is 13.0 Å². The number of carbonyl (C=O) groups is 1. The largest absolute Gasteiger partial charge is 0.494 e. The summed E-state index contributed by atoms with van der Waals surface area (Å²) in [5.74, 6) is 0.0989. The van der Waals surface area contributed by atoms with Crippen molar-refractivity contribution < 1.29 is 9.53 Å². The Bertz CT molecular complexity index is 611. The highest BCUT2D eigenvalue weighted by Gasteiger charge is 2.15. The van der Waals surface area contributed by atoms with E-state index >= 15 is 0 Å². The number of rotatable bonds is 3. The average Bonchev–Trinajstić information content (AvgIpc) is 2.41. The van der Waals surface area contributed by atoms with Gasteiger partial charge in [0.25, 0.3) is 5.91 Å². The Morgan fingerprint density at radius 3 is 2.84 bits per heavy atom. The van der Waals surface area contributed by atoms with Crippen LogP contribution in [0.3, 0.4) is 0 Å². The molecule has 1 aromatic carbocycles. The third kappa shape index (κ3) is 2.65. The molecule has 0 aliphatic carbocycles. The number of aromatic nitrogens is 1. The molecule has 3 N–H and O–H groups in total. The first kappa shape index (κ1) is 12.9. The number of methoxy groups -OCH3 is 1. The fourth-order valence-electron chi connectivity index (χ4n) is 1.75. The Morgan fingerprint density at radius 2 is 2.16 bits per heavy atom. The molecule has 0 unspecified atom stereocenters. The summed E-state index contributed by atoms with van der Waals surface area (Å²) in [6.45, 7) is 1.90. The van der Waals surface area contributed by atoms with Crippen LogP contribution >= 0.6 is 0 Å². The fourth-order valence-corrected chi connectivity index (χ4v) is 1.75. The number of carbonyl (C=O) groups excluding carboxylic acids is 1. The van der Waals surface area contributed by atoms with E-state index in [1.165, 1.54) is 7.11 Å². The maximum absolute atomic E-state index is 12.2. The van der Waals surface area contributed by atoms with Gasteiger partial charge in [0.05, 0.1) is 30.2 Å². The van der Waals surface area contributed by atoms with E-state index in [4.69, 9.17) is 10.5 Å². The van der Waals surface area contributed by atoms with Crippen molar-refractivity contribution in [3.63, 3.8) is 0 Å². The van der Waals surface area contributed by atoms with Crippen molar-refractivity contribution in [3.05, 3.63) is 47.8 Å². The molecule has 5 heteroatoms. The highest BCUT2D eigenvalue weighted by Crippen LogP contribution is 2.26. The van der Waals surface area contributed by atoms with Gasteiger partial charge in [-0.25, -0.2) is 0 Å². The van der Waals surface area contributed by atoms with Crippen LogP contribution < -0.4 is 15.8 Å². The van der Waals surface area contributed by atoms with Crippen molar-refractivity contribution in [1.82, 2.24) is 4.98 Å². The molecule has 5 nitrogen and oxygen atoms in total. The van der Waals surface area contributed by atoms with Gasteiger partial charge in [-0.1, -0.05) is 6.07 Å². The predicted molar refractivity (Wildman–Crippen MR) is 74.3 cm³/mol. The van der Waals surface area contributed by atoms with Gasteiger partial charge < -0.3 is 15.8 Å². The first-order valence-corrected chi connectivity index (χ1v) is 5.78. The first-order chi connectivity index (χ1) is 9.13. The van der Waals surface area contributed by atoms with Crippen LogP contribution in [-0.2, 0) is 0 Å². The minimum atomic E-state index is -0.278. The van der Waals surface area contributed by atoms with E-state index in [1.54, 1.807) is 30.6 Å². The van der Waals surface area contributed by atoms with Crippen molar-refractivity contribution in [3.8, 4) is 5.75 Å². The predicted octanol–water partition coefficient (Wildman–Crippen LogP) is 2.23. The normalized spacial score (nSPS) is 10.0. The summed E-state index contributed by atoms with van der Waals surface area (Å²) in [6.07, 6.45) is 3.28. The lowest BCUT2D eigenvalue weighted by atomic mass is 10.1. The SMILES string of the molecule is COc1c(N)cccc1C(=O)Nc1cnccc1C. The third-order valence-corrected chi connectivity index (χ3v) is 2.78. The molecule has 0 fully saturated rings. The van der Waals surface area contributed by atoms with Gasteiger partial charge in [-0.15, -0.1) is 0 Å². The number of aryl methyl sites for hydroxylation is 1. The number of hydrogen-bond donors (Lipinski definition) is 2. The molecule has 98 valence electrons. The van der Waals surface area contributed by atoms with Crippen molar-refractivity contribution in [1.29, 1.82) is 0 Å². The topological polar surface area (TPSA) is 77.2 Å². The molecule has 1 heterocycles. The summed E-state index contributed by atoms with van der Waals surface area (Å²) in [5, 5.41) is 2.79. The summed E-state index contributed by atoms with van der Waals surface area (Å²) in [5.41, 5.74) is 8.20.